The molecule has 1 aliphatic heterocycles. The predicted octanol–water partition coefficient (Wildman–Crippen LogP) is 2.02. The van der Waals surface area contributed by atoms with Crippen molar-refractivity contribution in [1.82, 2.24) is 4.90 Å². The lowest BCUT2D eigenvalue weighted by Crippen LogP contribution is -2.36. The number of nitrogens with zero attached hydrogens (tertiary/aromatic N) is 1. The second kappa shape index (κ2) is 4.70. The Kier molecular flexibility index (Phi) is 4.00. The standard InChI is InChI=1S/C10H18BrNO3/c1-10(2,3)15-9(13)12-5-7(11)8(6-12)14-4/h7-8H,5-6H2,1-4H3. The van der Waals surface area contributed by atoms with Gasteiger partial charge in [-0.25, -0.2) is 4.79 Å². The number of carbonyl (C=O) groups excluding carboxylic acids is 1. The first-order chi connectivity index (χ1) is 6.83. The first-order valence-electron chi connectivity index (χ1n) is 4.98. The van der Waals surface area contributed by atoms with Gasteiger partial charge in [0, 0.05) is 13.7 Å². The lowest BCUT2D eigenvalue weighted by Gasteiger charge is -2.24. The van der Waals surface area contributed by atoms with Crippen LogP contribution in [0.15, 0.2) is 0 Å². The summed E-state index contributed by atoms with van der Waals surface area (Å²) in [6.07, 6.45) is -0.219. The molecule has 1 amide bonds. The monoisotopic (exact) mass is 279 g/mol. The minimum atomic E-state index is -0.440. The van der Waals surface area contributed by atoms with E-state index in [0.29, 0.717) is 13.1 Å². The van der Waals surface area contributed by atoms with Gasteiger partial charge in [0.05, 0.1) is 17.5 Å². The van der Waals surface area contributed by atoms with E-state index in [1.807, 2.05) is 20.8 Å². The van der Waals surface area contributed by atoms with Crippen LogP contribution in [0.5, 0.6) is 0 Å². The normalized spacial score (nSPS) is 26.9. The van der Waals surface area contributed by atoms with Crippen LogP contribution in [0.3, 0.4) is 0 Å². The minimum absolute atomic E-state index is 0.0533. The van der Waals surface area contributed by atoms with Crippen LogP contribution in [0.2, 0.25) is 0 Å². The number of ether oxygens (including phenoxy) is 2. The Labute approximate surface area is 99.0 Å². The molecule has 88 valence electrons. The zero-order chi connectivity index (χ0) is 11.6. The average Bonchev–Trinajstić information content (AvgIpc) is 2.43. The van der Waals surface area contributed by atoms with Crippen molar-refractivity contribution < 1.29 is 14.3 Å². The van der Waals surface area contributed by atoms with E-state index in [1.165, 1.54) is 0 Å². The van der Waals surface area contributed by atoms with E-state index in [4.69, 9.17) is 9.47 Å². The van der Waals surface area contributed by atoms with E-state index >= 15 is 0 Å². The van der Waals surface area contributed by atoms with Gasteiger partial charge in [-0.2, -0.15) is 0 Å². The number of amides is 1. The molecule has 0 aromatic carbocycles. The highest BCUT2D eigenvalue weighted by Gasteiger charge is 2.35. The number of rotatable bonds is 1. The summed E-state index contributed by atoms with van der Waals surface area (Å²) < 4.78 is 10.5. The summed E-state index contributed by atoms with van der Waals surface area (Å²) in [4.78, 5) is 13.6. The summed E-state index contributed by atoms with van der Waals surface area (Å²) in [6.45, 7) is 6.80. The number of hydrogen-bond donors (Lipinski definition) is 0. The molecule has 15 heavy (non-hydrogen) atoms. The highest BCUT2D eigenvalue weighted by molar-refractivity contribution is 9.09. The number of halogens is 1. The Morgan fingerprint density at radius 2 is 2.00 bits per heavy atom. The quantitative estimate of drug-likeness (QED) is 0.690. The van der Waals surface area contributed by atoms with E-state index < -0.39 is 5.60 Å². The molecule has 1 saturated heterocycles. The van der Waals surface area contributed by atoms with Crippen LogP contribution >= 0.6 is 15.9 Å². The molecule has 1 fully saturated rings. The van der Waals surface area contributed by atoms with Gasteiger partial charge in [-0.1, -0.05) is 15.9 Å². The van der Waals surface area contributed by atoms with Crippen molar-refractivity contribution in [1.29, 1.82) is 0 Å². The summed E-state index contributed by atoms with van der Waals surface area (Å²) in [5.41, 5.74) is -0.440. The van der Waals surface area contributed by atoms with E-state index in [-0.39, 0.29) is 17.0 Å². The van der Waals surface area contributed by atoms with Gasteiger partial charge in [-0.15, -0.1) is 0 Å². The molecule has 1 heterocycles. The number of likely N-dealkylation sites (tertiary alicyclic amines) is 1. The lowest BCUT2D eigenvalue weighted by molar-refractivity contribution is 0.0253. The third-order valence-corrected chi connectivity index (χ3v) is 3.03. The van der Waals surface area contributed by atoms with Crippen molar-refractivity contribution >= 4 is 22.0 Å². The number of alkyl halides is 1. The maximum atomic E-state index is 11.7. The van der Waals surface area contributed by atoms with Crippen LogP contribution in [0.1, 0.15) is 20.8 Å². The zero-order valence-corrected chi connectivity index (χ0v) is 11.2. The summed E-state index contributed by atoms with van der Waals surface area (Å²) in [6, 6.07) is 0. The van der Waals surface area contributed by atoms with Gasteiger partial charge >= 0.3 is 6.09 Å². The molecule has 0 aromatic rings. The topological polar surface area (TPSA) is 38.8 Å². The Morgan fingerprint density at radius 3 is 2.40 bits per heavy atom. The summed E-state index contributed by atoms with van der Waals surface area (Å²) in [7, 11) is 1.65. The minimum Gasteiger partial charge on any atom is -0.444 e. The summed E-state index contributed by atoms with van der Waals surface area (Å²) in [5, 5.41) is 0. The molecule has 0 saturated carbocycles. The fraction of sp³-hybridized carbons (Fsp3) is 0.900. The molecule has 0 spiro atoms. The van der Waals surface area contributed by atoms with Gasteiger partial charge in [0.2, 0.25) is 0 Å². The second-order valence-electron chi connectivity index (χ2n) is 4.68. The van der Waals surface area contributed by atoms with Crippen LogP contribution in [0.4, 0.5) is 4.79 Å². The first-order valence-corrected chi connectivity index (χ1v) is 5.90. The van der Waals surface area contributed by atoms with Crippen LogP contribution in [0, 0.1) is 0 Å². The maximum absolute atomic E-state index is 11.7. The lowest BCUT2D eigenvalue weighted by atomic mass is 10.2. The molecule has 0 radical (unpaired) electrons. The van der Waals surface area contributed by atoms with Gasteiger partial charge in [0.15, 0.2) is 0 Å². The van der Waals surface area contributed by atoms with Crippen molar-refractivity contribution in [3.05, 3.63) is 0 Å². The fourth-order valence-corrected chi connectivity index (χ4v) is 2.16. The third kappa shape index (κ3) is 3.65. The molecule has 1 aliphatic rings. The van der Waals surface area contributed by atoms with Crippen molar-refractivity contribution in [2.24, 2.45) is 0 Å². The molecule has 4 nitrogen and oxygen atoms in total. The van der Waals surface area contributed by atoms with Crippen LogP contribution < -0.4 is 0 Å². The van der Waals surface area contributed by atoms with E-state index in [0.717, 1.165) is 0 Å². The molecular formula is C10H18BrNO3. The Balaban J connectivity index is 2.50. The zero-order valence-electron chi connectivity index (χ0n) is 9.62. The van der Waals surface area contributed by atoms with E-state index in [1.54, 1.807) is 12.0 Å². The van der Waals surface area contributed by atoms with Gasteiger partial charge in [0.25, 0.3) is 0 Å². The molecule has 1 rings (SSSR count). The number of methoxy groups -OCH3 is 1. The molecule has 0 N–H and O–H groups in total. The van der Waals surface area contributed by atoms with E-state index in [2.05, 4.69) is 15.9 Å². The van der Waals surface area contributed by atoms with Gasteiger partial charge in [-0.3, -0.25) is 0 Å². The molecule has 0 aliphatic carbocycles. The number of carbonyl (C=O) groups is 1. The molecule has 5 heteroatoms. The smallest absolute Gasteiger partial charge is 0.410 e. The molecule has 0 aromatic heterocycles. The average molecular weight is 280 g/mol. The van der Waals surface area contributed by atoms with Crippen LogP contribution in [0.25, 0.3) is 0 Å². The Morgan fingerprint density at radius 1 is 1.40 bits per heavy atom. The van der Waals surface area contributed by atoms with Crippen LogP contribution in [-0.2, 0) is 9.47 Å². The van der Waals surface area contributed by atoms with Gasteiger partial charge in [0.1, 0.15) is 5.60 Å². The molecule has 2 unspecified atom stereocenters. The molecule has 2 atom stereocenters. The third-order valence-electron chi connectivity index (χ3n) is 2.15. The molecule has 0 bridgehead atoms. The molecular weight excluding hydrogens is 262 g/mol. The predicted molar refractivity (Wildman–Crippen MR) is 61.3 cm³/mol. The fourth-order valence-electron chi connectivity index (χ4n) is 1.43. The summed E-state index contributed by atoms with van der Waals surface area (Å²) >= 11 is 3.48. The highest BCUT2D eigenvalue weighted by atomic mass is 79.9. The number of hydrogen-bond acceptors (Lipinski definition) is 3. The van der Waals surface area contributed by atoms with E-state index in [9.17, 15) is 4.79 Å². The Bertz CT molecular complexity index is 239. The van der Waals surface area contributed by atoms with Gasteiger partial charge < -0.3 is 14.4 Å². The van der Waals surface area contributed by atoms with Gasteiger partial charge in [-0.05, 0) is 20.8 Å². The van der Waals surface area contributed by atoms with Crippen molar-refractivity contribution in [3.63, 3.8) is 0 Å². The largest absolute Gasteiger partial charge is 0.444 e. The van der Waals surface area contributed by atoms with Crippen molar-refractivity contribution in [2.45, 2.75) is 37.3 Å². The SMILES string of the molecule is COC1CN(C(=O)OC(C)(C)C)CC1Br. The highest BCUT2D eigenvalue weighted by Crippen LogP contribution is 2.21. The van der Waals surface area contributed by atoms with Crippen LogP contribution in [-0.4, -0.2) is 47.7 Å². The first kappa shape index (κ1) is 12.8. The second-order valence-corrected chi connectivity index (χ2v) is 5.85. The Hall–Kier alpha value is -0.290. The van der Waals surface area contributed by atoms with Crippen molar-refractivity contribution in [3.8, 4) is 0 Å². The summed E-state index contributed by atoms with van der Waals surface area (Å²) in [5.74, 6) is 0. The maximum Gasteiger partial charge on any atom is 0.410 e. The van der Waals surface area contributed by atoms with Crippen molar-refractivity contribution in [2.75, 3.05) is 20.2 Å².